The highest BCUT2D eigenvalue weighted by molar-refractivity contribution is 5.88. The molecule has 5 heteroatoms. The van der Waals surface area contributed by atoms with Gasteiger partial charge in [-0.15, -0.1) is 0 Å². The molecule has 0 aromatic carbocycles. The van der Waals surface area contributed by atoms with Crippen molar-refractivity contribution in [3.05, 3.63) is 11.6 Å². The Morgan fingerprint density at radius 2 is 1.92 bits per heavy atom. The molecule has 0 aliphatic heterocycles. The fourth-order valence-electron chi connectivity index (χ4n) is 0.786. The van der Waals surface area contributed by atoms with Crippen LogP contribution in [-0.4, -0.2) is 17.3 Å². The van der Waals surface area contributed by atoms with Gasteiger partial charge in [0.1, 0.15) is 5.57 Å². The van der Waals surface area contributed by atoms with Crippen molar-refractivity contribution < 1.29 is 23.1 Å². The van der Waals surface area contributed by atoms with E-state index in [2.05, 4.69) is 0 Å². The molecular weight excluding hydrogens is 173 g/mol. The van der Waals surface area contributed by atoms with E-state index in [4.69, 9.17) is 5.11 Å². The molecule has 1 saturated carbocycles. The number of hydrogen-bond donors (Lipinski definition) is 1. The molecule has 2 nitrogen and oxygen atoms in total. The minimum absolute atomic E-state index is 0.183. The second kappa shape index (κ2) is 2.80. The van der Waals surface area contributed by atoms with Gasteiger partial charge in [-0.3, -0.25) is 0 Å². The molecular formula is C7H7F3O2. The first kappa shape index (κ1) is 9.09. The lowest BCUT2D eigenvalue weighted by Gasteiger charge is -2.05. The SMILES string of the molecule is O=C(O)C(=CC1CC1)C(F)(F)F. The molecule has 0 aromatic rings. The number of halogens is 3. The predicted molar refractivity (Wildman–Crippen MR) is 34.5 cm³/mol. The number of carboxylic acids is 1. The molecule has 0 heterocycles. The molecule has 0 saturated heterocycles. The van der Waals surface area contributed by atoms with Crippen molar-refractivity contribution in [3.63, 3.8) is 0 Å². The van der Waals surface area contributed by atoms with Crippen LogP contribution in [0.1, 0.15) is 12.8 Å². The van der Waals surface area contributed by atoms with Crippen LogP contribution in [-0.2, 0) is 4.79 Å². The first-order valence-electron chi connectivity index (χ1n) is 3.43. The summed E-state index contributed by atoms with van der Waals surface area (Å²) < 4.78 is 35.7. The Bertz CT molecular complexity index is 225. The van der Waals surface area contributed by atoms with Gasteiger partial charge < -0.3 is 5.11 Å². The zero-order chi connectivity index (χ0) is 9.35. The zero-order valence-corrected chi connectivity index (χ0v) is 6.06. The van der Waals surface area contributed by atoms with Crippen molar-refractivity contribution in [1.82, 2.24) is 0 Å². The van der Waals surface area contributed by atoms with Crippen molar-refractivity contribution in [1.29, 1.82) is 0 Å². The van der Waals surface area contributed by atoms with Crippen LogP contribution in [0.15, 0.2) is 11.6 Å². The highest BCUT2D eigenvalue weighted by atomic mass is 19.4. The summed E-state index contributed by atoms with van der Waals surface area (Å²) in [6.45, 7) is 0. The normalized spacial score (nSPS) is 19.4. The summed E-state index contributed by atoms with van der Waals surface area (Å²) in [7, 11) is 0. The Morgan fingerprint density at radius 3 is 2.17 bits per heavy atom. The molecule has 68 valence electrons. The first-order valence-corrected chi connectivity index (χ1v) is 3.43. The molecule has 12 heavy (non-hydrogen) atoms. The average Bonchev–Trinajstić information content (AvgIpc) is 2.61. The third kappa shape index (κ3) is 2.25. The van der Waals surface area contributed by atoms with Crippen LogP contribution in [0.5, 0.6) is 0 Å². The fourth-order valence-corrected chi connectivity index (χ4v) is 0.786. The van der Waals surface area contributed by atoms with E-state index >= 15 is 0 Å². The van der Waals surface area contributed by atoms with Crippen molar-refractivity contribution in [2.45, 2.75) is 19.0 Å². The molecule has 0 unspecified atom stereocenters. The summed E-state index contributed by atoms with van der Waals surface area (Å²) in [5.74, 6) is -2.08. The number of rotatable bonds is 2. The molecule has 0 aromatic heterocycles. The number of carbonyl (C=O) groups is 1. The van der Waals surface area contributed by atoms with Crippen molar-refractivity contribution in [2.24, 2.45) is 5.92 Å². The Hall–Kier alpha value is -1.00. The van der Waals surface area contributed by atoms with Crippen LogP contribution in [0.3, 0.4) is 0 Å². The minimum Gasteiger partial charge on any atom is -0.478 e. The van der Waals surface area contributed by atoms with Gasteiger partial charge in [0.25, 0.3) is 0 Å². The topological polar surface area (TPSA) is 37.3 Å². The number of hydrogen-bond acceptors (Lipinski definition) is 1. The first-order chi connectivity index (χ1) is 5.41. The molecule has 1 aliphatic rings. The van der Waals surface area contributed by atoms with E-state index in [1.807, 2.05) is 0 Å². The second-order valence-corrected chi connectivity index (χ2v) is 2.72. The molecule has 1 N–H and O–H groups in total. The van der Waals surface area contributed by atoms with Crippen molar-refractivity contribution in [2.75, 3.05) is 0 Å². The Morgan fingerprint density at radius 1 is 1.42 bits per heavy atom. The fraction of sp³-hybridized carbons (Fsp3) is 0.571. The molecule has 0 atom stereocenters. The molecule has 0 amide bonds. The molecule has 1 fully saturated rings. The van der Waals surface area contributed by atoms with Gasteiger partial charge in [0, 0.05) is 0 Å². The second-order valence-electron chi connectivity index (χ2n) is 2.72. The summed E-state index contributed by atoms with van der Waals surface area (Å²) in [5.41, 5.74) is -1.44. The highest BCUT2D eigenvalue weighted by Crippen LogP contribution is 2.35. The van der Waals surface area contributed by atoms with Gasteiger partial charge >= 0.3 is 12.1 Å². The summed E-state index contributed by atoms with van der Waals surface area (Å²) in [6.07, 6.45) is -2.61. The summed E-state index contributed by atoms with van der Waals surface area (Å²) in [4.78, 5) is 10.1. The average molecular weight is 180 g/mol. The van der Waals surface area contributed by atoms with E-state index in [0.29, 0.717) is 12.8 Å². The number of aliphatic carboxylic acids is 1. The Labute approximate surface area is 66.7 Å². The van der Waals surface area contributed by atoms with E-state index in [-0.39, 0.29) is 5.92 Å². The van der Waals surface area contributed by atoms with Crippen LogP contribution < -0.4 is 0 Å². The smallest absolute Gasteiger partial charge is 0.423 e. The Kier molecular flexibility index (Phi) is 2.12. The largest absolute Gasteiger partial charge is 0.478 e. The number of carboxylic acid groups (broad SMARTS) is 1. The van der Waals surface area contributed by atoms with E-state index in [1.165, 1.54) is 0 Å². The summed E-state index contributed by atoms with van der Waals surface area (Å²) in [6, 6.07) is 0. The maximum atomic E-state index is 11.9. The van der Waals surface area contributed by atoms with E-state index in [0.717, 1.165) is 6.08 Å². The maximum absolute atomic E-state index is 11.9. The van der Waals surface area contributed by atoms with Gasteiger partial charge in [0.2, 0.25) is 0 Å². The van der Waals surface area contributed by atoms with Crippen molar-refractivity contribution >= 4 is 5.97 Å². The lowest BCUT2D eigenvalue weighted by Crippen LogP contribution is -2.19. The van der Waals surface area contributed by atoms with Gasteiger partial charge in [-0.2, -0.15) is 13.2 Å². The lowest BCUT2D eigenvalue weighted by molar-refractivity contribution is -0.144. The van der Waals surface area contributed by atoms with Crippen molar-refractivity contribution in [3.8, 4) is 0 Å². The quantitative estimate of drug-likeness (QED) is 0.659. The van der Waals surface area contributed by atoms with Gasteiger partial charge in [-0.1, -0.05) is 6.08 Å². The van der Waals surface area contributed by atoms with Crippen LogP contribution in [0.4, 0.5) is 13.2 Å². The standard InChI is InChI=1S/C7H7F3O2/c8-7(9,10)5(6(11)12)3-4-1-2-4/h3-4H,1-2H2,(H,11,12). The van der Waals surface area contributed by atoms with Gasteiger partial charge in [-0.05, 0) is 18.8 Å². The number of alkyl halides is 3. The Balaban J connectivity index is 2.80. The van der Waals surface area contributed by atoms with Crippen LogP contribution in [0, 0.1) is 5.92 Å². The monoisotopic (exact) mass is 180 g/mol. The predicted octanol–water partition coefficient (Wildman–Crippen LogP) is 1.97. The van der Waals surface area contributed by atoms with E-state index < -0.39 is 17.7 Å². The maximum Gasteiger partial charge on any atom is 0.423 e. The van der Waals surface area contributed by atoms with Crippen LogP contribution >= 0.6 is 0 Å². The minimum atomic E-state index is -4.73. The molecule has 0 radical (unpaired) electrons. The summed E-state index contributed by atoms with van der Waals surface area (Å²) in [5, 5.41) is 8.20. The van der Waals surface area contributed by atoms with Gasteiger partial charge in [0.05, 0.1) is 0 Å². The third-order valence-electron chi connectivity index (χ3n) is 1.56. The highest BCUT2D eigenvalue weighted by Gasteiger charge is 2.40. The molecule has 1 rings (SSSR count). The molecule has 1 aliphatic carbocycles. The van der Waals surface area contributed by atoms with E-state index in [1.54, 1.807) is 0 Å². The van der Waals surface area contributed by atoms with Gasteiger partial charge in [0.15, 0.2) is 0 Å². The molecule has 0 bridgehead atoms. The van der Waals surface area contributed by atoms with Crippen LogP contribution in [0.2, 0.25) is 0 Å². The van der Waals surface area contributed by atoms with Crippen LogP contribution in [0.25, 0.3) is 0 Å². The lowest BCUT2D eigenvalue weighted by atomic mass is 10.2. The summed E-state index contributed by atoms with van der Waals surface area (Å²) >= 11 is 0. The third-order valence-corrected chi connectivity index (χ3v) is 1.56. The van der Waals surface area contributed by atoms with E-state index in [9.17, 15) is 18.0 Å². The number of allylic oxidation sites excluding steroid dienone is 1. The zero-order valence-electron chi connectivity index (χ0n) is 6.06. The molecule has 0 spiro atoms. The van der Waals surface area contributed by atoms with Gasteiger partial charge in [-0.25, -0.2) is 4.79 Å².